The largest absolute Gasteiger partial charge is 0.355 e. The third-order valence-electron chi connectivity index (χ3n) is 4.85. The van der Waals surface area contributed by atoms with E-state index in [2.05, 4.69) is 25.4 Å². The van der Waals surface area contributed by atoms with Crippen molar-refractivity contribution in [2.24, 2.45) is 0 Å². The number of halogens is 1. The molecule has 28 heavy (non-hydrogen) atoms. The maximum absolute atomic E-state index is 12.2. The molecule has 1 saturated heterocycles. The molecule has 7 heteroatoms. The molecule has 1 amide bonds. The molecule has 1 fully saturated rings. The number of aromatic nitrogens is 3. The van der Waals surface area contributed by atoms with Crippen LogP contribution in [-0.4, -0.2) is 40.2 Å². The lowest BCUT2D eigenvalue weighted by Gasteiger charge is -2.32. The van der Waals surface area contributed by atoms with Gasteiger partial charge in [-0.05, 0) is 43.2 Å². The third kappa shape index (κ3) is 4.12. The van der Waals surface area contributed by atoms with Crippen LogP contribution in [0.15, 0.2) is 60.8 Å². The van der Waals surface area contributed by atoms with Crippen molar-refractivity contribution in [3.8, 4) is 11.3 Å². The highest BCUT2D eigenvalue weighted by Gasteiger charge is 2.22. The summed E-state index contributed by atoms with van der Waals surface area (Å²) in [4.78, 5) is 18.5. The number of pyridine rings is 1. The van der Waals surface area contributed by atoms with Gasteiger partial charge in [-0.2, -0.15) is 0 Å². The van der Waals surface area contributed by atoms with Crippen LogP contribution in [0.4, 0.5) is 5.82 Å². The number of nitrogens with zero attached hydrogens (tertiary/aromatic N) is 4. The van der Waals surface area contributed by atoms with Crippen LogP contribution >= 0.6 is 11.6 Å². The van der Waals surface area contributed by atoms with Gasteiger partial charge in [0.25, 0.3) is 5.91 Å². The Morgan fingerprint density at radius 3 is 2.46 bits per heavy atom. The molecule has 6 nitrogen and oxygen atoms in total. The van der Waals surface area contributed by atoms with E-state index >= 15 is 0 Å². The van der Waals surface area contributed by atoms with E-state index in [0.29, 0.717) is 10.7 Å². The maximum Gasteiger partial charge on any atom is 0.270 e. The third-order valence-corrected chi connectivity index (χ3v) is 5.18. The van der Waals surface area contributed by atoms with E-state index < -0.39 is 0 Å². The van der Waals surface area contributed by atoms with E-state index in [1.807, 2.05) is 42.5 Å². The van der Waals surface area contributed by atoms with E-state index in [4.69, 9.17) is 11.6 Å². The molecular weight excluding hydrogens is 374 g/mol. The minimum atomic E-state index is -0.122. The Morgan fingerprint density at radius 1 is 1.00 bits per heavy atom. The second-order valence-corrected chi connectivity index (χ2v) is 7.11. The van der Waals surface area contributed by atoms with Crippen molar-refractivity contribution in [1.29, 1.82) is 0 Å². The highest BCUT2D eigenvalue weighted by atomic mass is 35.5. The molecule has 1 N–H and O–H groups in total. The number of piperidine rings is 1. The van der Waals surface area contributed by atoms with E-state index in [-0.39, 0.29) is 11.9 Å². The Bertz CT molecular complexity index is 941. The zero-order valence-electron chi connectivity index (χ0n) is 15.3. The van der Waals surface area contributed by atoms with Crippen molar-refractivity contribution >= 4 is 23.3 Å². The monoisotopic (exact) mass is 393 g/mol. The molecule has 0 spiro atoms. The lowest BCUT2D eigenvalue weighted by Crippen LogP contribution is -2.45. The van der Waals surface area contributed by atoms with Crippen LogP contribution in [0.2, 0.25) is 5.02 Å². The van der Waals surface area contributed by atoms with Crippen molar-refractivity contribution in [2.45, 2.75) is 18.9 Å². The predicted octanol–water partition coefficient (Wildman–Crippen LogP) is 3.59. The Kier molecular flexibility index (Phi) is 5.48. The van der Waals surface area contributed by atoms with Gasteiger partial charge < -0.3 is 10.2 Å². The van der Waals surface area contributed by atoms with Crippen LogP contribution < -0.4 is 10.2 Å². The van der Waals surface area contributed by atoms with Crippen molar-refractivity contribution in [3.05, 3.63) is 71.5 Å². The fourth-order valence-corrected chi connectivity index (χ4v) is 3.55. The molecule has 3 aromatic rings. The number of hydrogen-bond donors (Lipinski definition) is 1. The number of nitrogens with one attached hydrogen (secondary N) is 1. The summed E-state index contributed by atoms with van der Waals surface area (Å²) in [6, 6.07) is 17.0. The van der Waals surface area contributed by atoms with E-state index in [9.17, 15) is 4.79 Å². The average Bonchev–Trinajstić information content (AvgIpc) is 2.75. The Morgan fingerprint density at radius 2 is 1.79 bits per heavy atom. The topological polar surface area (TPSA) is 71.0 Å². The number of amides is 1. The summed E-state index contributed by atoms with van der Waals surface area (Å²) in [7, 11) is 0. The van der Waals surface area contributed by atoms with Gasteiger partial charge in [-0.3, -0.25) is 9.78 Å². The maximum atomic E-state index is 12.2. The summed E-state index contributed by atoms with van der Waals surface area (Å²) in [5, 5.41) is 12.4. The molecule has 0 radical (unpaired) electrons. The molecular formula is C21H20ClN5O. The first kappa shape index (κ1) is 18.4. The fraction of sp³-hybridized carbons (Fsp3) is 0.238. The van der Waals surface area contributed by atoms with Crippen LogP contribution in [-0.2, 0) is 0 Å². The quantitative estimate of drug-likeness (QED) is 0.733. The standard InChI is InChI=1S/C21H20ClN5O/c22-17-6-2-1-5-16(17)18-8-9-20(26-25-18)27-13-10-15(11-14-27)24-21(28)19-7-3-4-12-23-19/h1-9,12,15H,10-11,13-14H2,(H,24,28). The summed E-state index contributed by atoms with van der Waals surface area (Å²) in [6.07, 6.45) is 3.33. The van der Waals surface area contributed by atoms with Crippen molar-refractivity contribution < 1.29 is 4.79 Å². The molecule has 1 aliphatic heterocycles. The molecule has 0 saturated carbocycles. The summed E-state index contributed by atoms with van der Waals surface area (Å²) < 4.78 is 0. The first-order valence-electron chi connectivity index (χ1n) is 9.26. The molecule has 0 bridgehead atoms. The van der Waals surface area contributed by atoms with E-state index in [0.717, 1.165) is 43.0 Å². The van der Waals surface area contributed by atoms with Crippen molar-refractivity contribution in [2.75, 3.05) is 18.0 Å². The average molecular weight is 394 g/mol. The van der Waals surface area contributed by atoms with Gasteiger partial charge >= 0.3 is 0 Å². The highest BCUT2D eigenvalue weighted by molar-refractivity contribution is 6.33. The van der Waals surface area contributed by atoms with Crippen molar-refractivity contribution in [1.82, 2.24) is 20.5 Å². The number of anilines is 1. The number of hydrogen-bond acceptors (Lipinski definition) is 5. The molecule has 0 aliphatic carbocycles. The second-order valence-electron chi connectivity index (χ2n) is 6.71. The Hall–Kier alpha value is -2.99. The highest BCUT2D eigenvalue weighted by Crippen LogP contribution is 2.26. The van der Waals surface area contributed by atoms with Gasteiger partial charge in [-0.15, -0.1) is 10.2 Å². The minimum absolute atomic E-state index is 0.122. The number of carbonyl (C=O) groups excluding carboxylic acids is 1. The lowest BCUT2D eigenvalue weighted by molar-refractivity contribution is 0.0926. The van der Waals surface area contributed by atoms with Gasteiger partial charge in [0.1, 0.15) is 5.69 Å². The molecule has 142 valence electrons. The van der Waals surface area contributed by atoms with E-state index in [1.165, 1.54) is 0 Å². The molecule has 1 aliphatic rings. The lowest BCUT2D eigenvalue weighted by atomic mass is 10.0. The molecule has 2 aromatic heterocycles. The van der Waals surface area contributed by atoms with Crippen LogP contribution in [0, 0.1) is 0 Å². The second kappa shape index (κ2) is 8.35. The van der Waals surface area contributed by atoms with Crippen molar-refractivity contribution in [3.63, 3.8) is 0 Å². The molecule has 3 heterocycles. The first-order valence-corrected chi connectivity index (χ1v) is 9.64. The normalized spacial score (nSPS) is 14.7. The van der Waals surface area contributed by atoms with Gasteiger partial charge in [0.15, 0.2) is 5.82 Å². The Balaban J connectivity index is 1.35. The number of carbonyl (C=O) groups is 1. The molecule has 0 atom stereocenters. The fourth-order valence-electron chi connectivity index (χ4n) is 3.32. The van der Waals surface area contributed by atoms with Crippen LogP contribution in [0.25, 0.3) is 11.3 Å². The summed E-state index contributed by atoms with van der Waals surface area (Å²) in [5.74, 6) is 0.716. The number of rotatable bonds is 4. The van der Waals surface area contributed by atoms with Crippen LogP contribution in [0.1, 0.15) is 23.3 Å². The minimum Gasteiger partial charge on any atom is -0.355 e. The Labute approximate surface area is 168 Å². The molecule has 1 aromatic carbocycles. The summed E-state index contributed by atoms with van der Waals surface area (Å²) in [5.41, 5.74) is 2.08. The van der Waals surface area contributed by atoms with Crippen LogP contribution in [0.5, 0.6) is 0 Å². The predicted molar refractivity (Wildman–Crippen MR) is 109 cm³/mol. The van der Waals surface area contributed by atoms with E-state index in [1.54, 1.807) is 18.3 Å². The van der Waals surface area contributed by atoms with Gasteiger partial charge in [0.05, 0.1) is 10.7 Å². The smallest absolute Gasteiger partial charge is 0.270 e. The summed E-state index contributed by atoms with van der Waals surface area (Å²) in [6.45, 7) is 1.63. The SMILES string of the molecule is O=C(NC1CCN(c2ccc(-c3ccccc3Cl)nn2)CC1)c1ccccn1. The van der Waals surface area contributed by atoms with Gasteiger partial charge in [0, 0.05) is 30.9 Å². The summed E-state index contributed by atoms with van der Waals surface area (Å²) >= 11 is 6.23. The molecule has 0 unspecified atom stereocenters. The first-order chi connectivity index (χ1) is 13.7. The van der Waals surface area contributed by atoms with Gasteiger partial charge in [-0.25, -0.2) is 0 Å². The molecule has 4 rings (SSSR count). The zero-order valence-corrected chi connectivity index (χ0v) is 16.0. The van der Waals surface area contributed by atoms with Gasteiger partial charge in [0.2, 0.25) is 0 Å². The number of benzene rings is 1. The zero-order chi connectivity index (χ0) is 19.3. The van der Waals surface area contributed by atoms with Crippen LogP contribution in [0.3, 0.4) is 0 Å². The van der Waals surface area contributed by atoms with Gasteiger partial charge in [-0.1, -0.05) is 35.9 Å².